The van der Waals surface area contributed by atoms with Crippen LogP contribution in [0.3, 0.4) is 0 Å². The molecule has 21 heavy (non-hydrogen) atoms. The number of carbonyl (C=O) groups is 2. The van der Waals surface area contributed by atoms with Gasteiger partial charge in [0.2, 0.25) is 0 Å². The summed E-state index contributed by atoms with van der Waals surface area (Å²) in [5.74, 6) is 0.229. The molecule has 0 saturated heterocycles. The minimum absolute atomic E-state index is 0.0315. The van der Waals surface area contributed by atoms with Gasteiger partial charge in [-0.25, -0.2) is 9.78 Å². The van der Waals surface area contributed by atoms with E-state index in [1.54, 1.807) is 35.2 Å². The number of pyridine rings is 1. The number of esters is 1. The molecular weight excluding hydrogens is 268 g/mol. The number of hydrogen-bond acceptors (Lipinski definition) is 4. The second kappa shape index (κ2) is 5.52. The first-order valence-corrected chi connectivity index (χ1v) is 6.65. The fraction of sp³-hybridized carbons (Fsp3) is 0.312. The molecule has 0 unspecified atom stereocenters. The van der Waals surface area contributed by atoms with Crippen LogP contribution >= 0.6 is 0 Å². The summed E-state index contributed by atoms with van der Waals surface area (Å²) < 4.78 is 7.02. The van der Waals surface area contributed by atoms with Crippen LogP contribution in [0.25, 0.3) is 5.82 Å². The first-order chi connectivity index (χ1) is 9.76. The van der Waals surface area contributed by atoms with E-state index in [9.17, 15) is 9.59 Å². The number of carbonyl (C=O) groups excluding carboxylic acids is 2. The van der Waals surface area contributed by atoms with Crippen molar-refractivity contribution < 1.29 is 14.3 Å². The molecule has 5 heteroatoms. The number of ether oxygens (including phenoxy) is 1. The van der Waals surface area contributed by atoms with Crippen LogP contribution < -0.4 is 0 Å². The van der Waals surface area contributed by atoms with Gasteiger partial charge in [0.1, 0.15) is 11.4 Å². The molecule has 0 bridgehead atoms. The van der Waals surface area contributed by atoms with E-state index in [-0.39, 0.29) is 11.8 Å². The van der Waals surface area contributed by atoms with Gasteiger partial charge in [-0.1, -0.05) is 0 Å². The maximum Gasteiger partial charge on any atom is 0.340 e. The third-order valence-corrected chi connectivity index (χ3v) is 2.75. The standard InChI is InChI=1S/C16H18N2O3/c1-11(19)12-5-6-14(17-9-12)18-8-7-13(10-18)15(20)21-16(2,3)4/h5-10H,1-4H3. The van der Waals surface area contributed by atoms with E-state index in [2.05, 4.69) is 4.98 Å². The van der Waals surface area contributed by atoms with Gasteiger partial charge in [-0.15, -0.1) is 0 Å². The minimum atomic E-state index is -0.527. The van der Waals surface area contributed by atoms with Crippen molar-refractivity contribution in [3.63, 3.8) is 0 Å². The van der Waals surface area contributed by atoms with E-state index in [1.165, 1.54) is 13.1 Å². The van der Waals surface area contributed by atoms with E-state index >= 15 is 0 Å². The van der Waals surface area contributed by atoms with Gasteiger partial charge in [0.05, 0.1) is 5.56 Å². The van der Waals surface area contributed by atoms with Gasteiger partial charge in [0.15, 0.2) is 5.78 Å². The first-order valence-electron chi connectivity index (χ1n) is 6.65. The molecule has 0 radical (unpaired) electrons. The fourth-order valence-corrected chi connectivity index (χ4v) is 1.74. The Morgan fingerprint density at radius 3 is 2.38 bits per heavy atom. The van der Waals surface area contributed by atoms with Crippen LogP contribution in [0, 0.1) is 0 Å². The highest BCUT2D eigenvalue weighted by molar-refractivity contribution is 5.93. The first kappa shape index (κ1) is 15.0. The van der Waals surface area contributed by atoms with Crippen LogP contribution in [-0.4, -0.2) is 26.9 Å². The van der Waals surface area contributed by atoms with Crippen molar-refractivity contribution in [3.05, 3.63) is 47.9 Å². The summed E-state index contributed by atoms with van der Waals surface area (Å²) in [5.41, 5.74) is 0.487. The molecule has 2 rings (SSSR count). The van der Waals surface area contributed by atoms with Gasteiger partial charge < -0.3 is 9.30 Å². The van der Waals surface area contributed by atoms with Crippen molar-refractivity contribution >= 4 is 11.8 Å². The third kappa shape index (κ3) is 3.78. The summed E-state index contributed by atoms with van der Waals surface area (Å²) >= 11 is 0. The highest BCUT2D eigenvalue weighted by Gasteiger charge is 2.18. The molecule has 0 saturated carbocycles. The SMILES string of the molecule is CC(=O)c1ccc(-n2ccc(C(=O)OC(C)(C)C)c2)nc1. The minimum Gasteiger partial charge on any atom is -0.456 e. The summed E-state index contributed by atoms with van der Waals surface area (Å²) in [6.45, 7) is 6.96. The molecule has 0 aromatic carbocycles. The smallest absolute Gasteiger partial charge is 0.340 e. The number of hydrogen-bond donors (Lipinski definition) is 0. The average Bonchev–Trinajstić information content (AvgIpc) is 2.86. The molecular formula is C16H18N2O3. The Labute approximate surface area is 123 Å². The molecule has 5 nitrogen and oxygen atoms in total. The highest BCUT2D eigenvalue weighted by atomic mass is 16.6. The maximum atomic E-state index is 11.9. The largest absolute Gasteiger partial charge is 0.456 e. The molecule has 0 N–H and O–H groups in total. The summed E-state index contributed by atoms with van der Waals surface area (Å²) in [7, 11) is 0. The van der Waals surface area contributed by atoms with Gasteiger partial charge in [0.25, 0.3) is 0 Å². The summed E-state index contributed by atoms with van der Waals surface area (Å²) in [5, 5.41) is 0. The molecule has 2 aromatic heterocycles. The molecule has 0 aliphatic heterocycles. The van der Waals surface area contributed by atoms with Crippen molar-refractivity contribution in [2.24, 2.45) is 0 Å². The third-order valence-electron chi connectivity index (χ3n) is 2.75. The topological polar surface area (TPSA) is 61.2 Å². The predicted molar refractivity (Wildman–Crippen MR) is 78.7 cm³/mol. The van der Waals surface area contributed by atoms with Gasteiger partial charge in [-0.05, 0) is 45.9 Å². The highest BCUT2D eigenvalue weighted by Crippen LogP contribution is 2.14. The van der Waals surface area contributed by atoms with Gasteiger partial charge in [-0.3, -0.25) is 4.79 Å². The summed E-state index contributed by atoms with van der Waals surface area (Å²) in [6, 6.07) is 5.11. The molecule has 2 heterocycles. The second-order valence-electron chi connectivity index (χ2n) is 5.77. The molecule has 2 aromatic rings. The van der Waals surface area contributed by atoms with Crippen LogP contribution in [0.1, 0.15) is 48.4 Å². The average molecular weight is 286 g/mol. The normalized spacial score (nSPS) is 11.2. The molecule has 0 amide bonds. The van der Waals surface area contributed by atoms with E-state index in [0.717, 1.165) is 0 Å². The van der Waals surface area contributed by atoms with Crippen LogP contribution in [0.5, 0.6) is 0 Å². The van der Waals surface area contributed by atoms with Crippen molar-refractivity contribution in [3.8, 4) is 5.82 Å². The van der Waals surface area contributed by atoms with Crippen LogP contribution in [-0.2, 0) is 4.74 Å². The number of aromatic nitrogens is 2. The Balaban J connectivity index is 2.19. The lowest BCUT2D eigenvalue weighted by Crippen LogP contribution is -2.23. The van der Waals surface area contributed by atoms with E-state index in [0.29, 0.717) is 16.9 Å². The zero-order chi connectivity index (χ0) is 15.6. The number of rotatable bonds is 3. The second-order valence-corrected chi connectivity index (χ2v) is 5.77. The molecule has 0 fully saturated rings. The molecule has 0 atom stereocenters. The Kier molecular flexibility index (Phi) is 3.93. The quantitative estimate of drug-likeness (QED) is 0.642. The number of ketones is 1. The monoisotopic (exact) mass is 286 g/mol. The number of nitrogens with zero attached hydrogens (tertiary/aromatic N) is 2. The van der Waals surface area contributed by atoms with Gasteiger partial charge in [-0.2, -0.15) is 0 Å². The lowest BCUT2D eigenvalue weighted by molar-refractivity contribution is 0.00695. The van der Waals surface area contributed by atoms with Crippen molar-refractivity contribution in [1.82, 2.24) is 9.55 Å². The molecule has 0 aliphatic rings. The fourth-order valence-electron chi connectivity index (χ4n) is 1.74. The zero-order valence-electron chi connectivity index (χ0n) is 12.6. The van der Waals surface area contributed by atoms with Gasteiger partial charge in [0, 0.05) is 24.2 Å². The van der Waals surface area contributed by atoms with E-state index < -0.39 is 5.60 Å². The maximum absolute atomic E-state index is 11.9. The van der Waals surface area contributed by atoms with Crippen molar-refractivity contribution in [1.29, 1.82) is 0 Å². The Bertz CT molecular complexity index is 664. The summed E-state index contributed by atoms with van der Waals surface area (Å²) in [4.78, 5) is 27.4. The van der Waals surface area contributed by atoms with Crippen LogP contribution in [0.15, 0.2) is 36.8 Å². The molecule has 0 spiro atoms. The lowest BCUT2D eigenvalue weighted by atomic mass is 10.2. The Morgan fingerprint density at radius 2 is 1.86 bits per heavy atom. The Hall–Kier alpha value is -2.43. The van der Waals surface area contributed by atoms with Crippen LogP contribution in [0.4, 0.5) is 0 Å². The Morgan fingerprint density at radius 1 is 1.14 bits per heavy atom. The molecule has 0 aliphatic carbocycles. The summed E-state index contributed by atoms with van der Waals surface area (Å²) in [6.07, 6.45) is 4.91. The predicted octanol–water partition coefficient (Wildman–Crippen LogP) is 3.03. The van der Waals surface area contributed by atoms with Crippen molar-refractivity contribution in [2.45, 2.75) is 33.3 Å². The zero-order valence-corrected chi connectivity index (χ0v) is 12.6. The van der Waals surface area contributed by atoms with E-state index in [4.69, 9.17) is 4.74 Å². The van der Waals surface area contributed by atoms with Crippen molar-refractivity contribution in [2.75, 3.05) is 0 Å². The molecule has 110 valence electrons. The lowest BCUT2D eigenvalue weighted by Gasteiger charge is -2.18. The van der Waals surface area contributed by atoms with Gasteiger partial charge >= 0.3 is 5.97 Å². The van der Waals surface area contributed by atoms with E-state index in [1.807, 2.05) is 20.8 Å². The van der Waals surface area contributed by atoms with Crippen LogP contribution in [0.2, 0.25) is 0 Å². The number of Topliss-reactive ketones (excluding diaryl/α,β-unsaturated/α-hetero) is 1.